The molecule has 1 N–H and O–H groups in total. The van der Waals surface area contributed by atoms with Crippen LogP contribution < -0.4 is 5.32 Å². The van der Waals surface area contributed by atoms with Crippen molar-refractivity contribution in [3.05, 3.63) is 59.0 Å². The molecule has 128 valence electrons. The molecule has 0 fully saturated rings. The van der Waals surface area contributed by atoms with E-state index < -0.39 is 23.5 Å². The molecule has 0 unspecified atom stereocenters. The molecule has 0 aliphatic rings. The Morgan fingerprint density at radius 1 is 1.04 bits per heavy atom. The van der Waals surface area contributed by atoms with Crippen LogP contribution in [-0.2, 0) is 11.6 Å². The van der Waals surface area contributed by atoms with Crippen molar-refractivity contribution in [1.29, 1.82) is 0 Å². The fourth-order valence-electron chi connectivity index (χ4n) is 2.02. The Morgan fingerprint density at radius 2 is 1.71 bits per heavy atom. The van der Waals surface area contributed by atoms with E-state index in [-0.39, 0.29) is 16.8 Å². The zero-order valence-corrected chi connectivity index (χ0v) is 13.3. The molecule has 1 aromatic heterocycles. The molecular weight excluding hydrogens is 324 g/mol. The maximum atomic E-state index is 14.1. The minimum absolute atomic E-state index is 0.262. The highest BCUT2D eigenvalue weighted by molar-refractivity contribution is 6.04. The molecule has 2 rings (SSSR count). The third-order valence-electron chi connectivity index (χ3n) is 3.41. The Balaban J connectivity index is 2.25. The number of nitrogens with one attached hydrogen (secondary N) is 1. The fourth-order valence-corrected chi connectivity index (χ4v) is 2.02. The van der Waals surface area contributed by atoms with Crippen molar-refractivity contribution in [3.63, 3.8) is 0 Å². The summed E-state index contributed by atoms with van der Waals surface area (Å²) in [6, 6.07) is 5.64. The van der Waals surface area contributed by atoms with Gasteiger partial charge >= 0.3 is 6.18 Å². The Morgan fingerprint density at radius 3 is 2.25 bits per heavy atom. The largest absolute Gasteiger partial charge is 0.416 e. The predicted octanol–water partition coefficient (Wildman–Crippen LogP) is 4.79. The summed E-state index contributed by atoms with van der Waals surface area (Å²) in [7, 11) is 0. The van der Waals surface area contributed by atoms with E-state index >= 15 is 0 Å². The third-order valence-corrected chi connectivity index (χ3v) is 3.41. The summed E-state index contributed by atoms with van der Waals surface area (Å²) in [4.78, 5) is 15.7. The molecule has 2 aromatic rings. The molecule has 0 saturated carbocycles. The van der Waals surface area contributed by atoms with Crippen LogP contribution >= 0.6 is 0 Å². The Bertz CT molecular complexity index is 764. The molecule has 3 nitrogen and oxygen atoms in total. The summed E-state index contributed by atoms with van der Waals surface area (Å²) in [6.07, 6.45) is -3.63. The number of amides is 1. The Kier molecular flexibility index (Phi) is 4.64. The van der Waals surface area contributed by atoms with Gasteiger partial charge in [0.25, 0.3) is 5.91 Å². The fraction of sp³-hybridized carbons (Fsp3) is 0.294. The maximum absolute atomic E-state index is 14.1. The Hall–Kier alpha value is -2.44. The zero-order chi connectivity index (χ0) is 18.1. The second kappa shape index (κ2) is 6.22. The summed E-state index contributed by atoms with van der Waals surface area (Å²) >= 11 is 0. The van der Waals surface area contributed by atoms with Crippen LogP contribution in [0.25, 0.3) is 0 Å². The molecule has 24 heavy (non-hydrogen) atoms. The lowest BCUT2D eigenvalue weighted by atomic mass is 9.86. The molecule has 0 radical (unpaired) electrons. The smallest absolute Gasteiger partial charge is 0.306 e. The van der Waals surface area contributed by atoms with Crippen molar-refractivity contribution in [3.8, 4) is 0 Å². The van der Waals surface area contributed by atoms with Crippen LogP contribution in [0.2, 0.25) is 0 Å². The summed E-state index contributed by atoms with van der Waals surface area (Å²) in [6.45, 7) is 5.69. The van der Waals surface area contributed by atoms with E-state index in [1.165, 1.54) is 12.1 Å². The van der Waals surface area contributed by atoms with Crippen molar-refractivity contribution in [2.24, 2.45) is 0 Å². The van der Waals surface area contributed by atoms with Gasteiger partial charge in [0.05, 0.1) is 11.1 Å². The van der Waals surface area contributed by atoms with Crippen LogP contribution in [0.5, 0.6) is 0 Å². The topological polar surface area (TPSA) is 42.0 Å². The molecule has 1 aromatic carbocycles. The number of aromatic nitrogens is 1. The average molecular weight is 340 g/mol. The van der Waals surface area contributed by atoms with E-state index in [9.17, 15) is 22.4 Å². The van der Waals surface area contributed by atoms with Gasteiger partial charge in [-0.25, -0.2) is 9.37 Å². The van der Waals surface area contributed by atoms with Crippen LogP contribution in [0.4, 0.5) is 23.4 Å². The maximum Gasteiger partial charge on any atom is 0.416 e. The van der Waals surface area contributed by atoms with Crippen LogP contribution in [-0.4, -0.2) is 10.9 Å². The van der Waals surface area contributed by atoms with E-state index in [2.05, 4.69) is 10.3 Å². The van der Waals surface area contributed by atoms with E-state index in [0.717, 1.165) is 12.3 Å². The number of halogens is 4. The number of hydrogen-bond acceptors (Lipinski definition) is 2. The third kappa shape index (κ3) is 4.10. The van der Waals surface area contributed by atoms with Crippen molar-refractivity contribution >= 4 is 11.7 Å². The highest BCUT2D eigenvalue weighted by Gasteiger charge is 2.31. The van der Waals surface area contributed by atoms with Gasteiger partial charge in [-0.3, -0.25) is 4.79 Å². The number of carbonyl (C=O) groups is 1. The van der Waals surface area contributed by atoms with Gasteiger partial charge in [-0.2, -0.15) is 13.2 Å². The lowest BCUT2D eigenvalue weighted by molar-refractivity contribution is -0.137. The molecule has 1 amide bonds. The van der Waals surface area contributed by atoms with E-state index in [0.29, 0.717) is 11.6 Å². The molecule has 1 heterocycles. The number of carbonyl (C=O) groups excluding carboxylic acids is 1. The van der Waals surface area contributed by atoms with Crippen LogP contribution in [0.1, 0.15) is 42.3 Å². The van der Waals surface area contributed by atoms with Crippen molar-refractivity contribution < 1.29 is 22.4 Å². The number of anilines is 1. The molecule has 0 aliphatic heterocycles. The molecule has 0 spiro atoms. The predicted molar refractivity (Wildman–Crippen MR) is 82.3 cm³/mol. The highest BCUT2D eigenvalue weighted by atomic mass is 19.4. The van der Waals surface area contributed by atoms with Crippen molar-refractivity contribution in [1.82, 2.24) is 4.98 Å². The first-order valence-corrected chi connectivity index (χ1v) is 7.13. The summed E-state index contributed by atoms with van der Waals surface area (Å²) in [5.74, 6) is -1.90. The number of rotatable bonds is 2. The van der Waals surface area contributed by atoms with Gasteiger partial charge in [0.15, 0.2) is 0 Å². The first kappa shape index (κ1) is 17.9. The minimum Gasteiger partial charge on any atom is -0.306 e. The number of pyridine rings is 1. The molecule has 0 aliphatic carbocycles. The van der Waals surface area contributed by atoms with Crippen LogP contribution in [0.15, 0.2) is 36.5 Å². The lowest BCUT2D eigenvalue weighted by Gasteiger charge is -2.19. The summed E-state index contributed by atoms with van der Waals surface area (Å²) < 4.78 is 52.1. The standard InChI is InChI=1S/C17H16F4N2O/c1-16(2,3)10-4-5-12(13(18)8-10)15(24)23-14-9-11(6-7-22-14)17(19,20)21/h4-9H,1-3H3,(H,22,23,24). The number of alkyl halides is 3. The summed E-state index contributed by atoms with van der Waals surface area (Å²) in [5.41, 5.74) is -0.800. The lowest BCUT2D eigenvalue weighted by Crippen LogP contribution is -2.17. The van der Waals surface area contributed by atoms with Gasteiger partial charge in [0, 0.05) is 6.20 Å². The molecule has 0 bridgehead atoms. The number of benzene rings is 1. The van der Waals surface area contributed by atoms with Gasteiger partial charge in [-0.15, -0.1) is 0 Å². The van der Waals surface area contributed by atoms with E-state index in [4.69, 9.17) is 0 Å². The number of nitrogens with zero attached hydrogens (tertiary/aromatic N) is 1. The first-order valence-electron chi connectivity index (χ1n) is 7.13. The second-order valence-corrected chi connectivity index (χ2v) is 6.33. The quantitative estimate of drug-likeness (QED) is 0.799. The molecule has 0 saturated heterocycles. The van der Waals surface area contributed by atoms with Gasteiger partial charge in [0.1, 0.15) is 11.6 Å². The van der Waals surface area contributed by atoms with E-state index in [1.807, 2.05) is 20.8 Å². The normalized spacial score (nSPS) is 12.1. The molecule has 0 atom stereocenters. The second-order valence-electron chi connectivity index (χ2n) is 6.33. The van der Waals surface area contributed by atoms with Gasteiger partial charge < -0.3 is 5.32 Å². The zero-order valence-electron chi connectivity index (χ0n) is 13.3. The first-order chi connectivity index (χ1) is 11.0. The van der Waals surface area contributed by atoms with Crippen molar-refractivity contribution in [2.75, 3.05) is 5.32 Å². The minimum atomic E-state index is -4.55. The monoisotopic (exact) mass is 340 g/mol. The molecule has 7 heteroatoms. The van der Waals surface area contributed by atoms with Crippen LogP contribution in [0.3, 0.4) is 0 Å². The van der Waals surface area contributed by atoms with Crippen molar-refractivity contribution in [2.45, 2.75) is 32.4 Å². The Labute approximate surface area is 136 Å². The van der Waals surface area contributed by atoms with Gasteiger partial charge in [-0.1, -0.05) is 26.8 Å². The molecular formula is C17H16F4N2O. The summed E-state index contributed by atoms with van der Waals surface area (Å²) in [5, 5.41) is 2.18. The van der Waals surface area contributed by atoms with E-state index in [1.54, 1.807) is 6.07 Å². The number of hydrogen-bond donors (Lipinski definition) is 1. The van der Waals surface area contributed by atoms with Crippen LogP contribution in [0, 0.1) is 5.82 Å². The van der Waals surface area contributed by atoms with Gasteiger partial charge in [-0.05, 0) is 35.2 Å². The average Bonchev–Trinajstić information content (AvgIpc) is 2.45. The highest BCUT2D eigenvalue weighted by Crippen LogP contribution is 2.30. The SMILES string of the molecule is CC(C)(C)c1ccc(C(=O)Nc2cc(C(F)(F)F)ccn2)c(F)c1. The van der Waals surface area contributed by atoms with Gasteiger partial charge in [0.2, 0.25) is 0 Å².